The second-order valence-corrected chi connectivity index (χ2v) is 5.88. The number of ether oxygens (including phenoxy) is 1. The van der Waals surface area contributed by atoms with E-state index in [9.17, 15) is 0 Å². The third kappa shape index (κ3) is 2.57. The Labute approximate surface area is 135 Å². The fraction of sp³-hybridized carbons (Fsp3) is 0.333. The molecule has 1 aromatic carbocycles. The molecule has 5 heteroatoms. The first kappa shape index (κ1) is 14.2. The van der Waals surface area contributed by atoms with Crippen LogP contribution in [0, 0.1) is 0 Å². The second-order valence-electron chi connectivity index (χ2n) is 5.88. The van der Waals surface area contributed by atoms with Crippen molar-refractivity contribution < 1.29 is 4.74 Å². The Hall–Kier alpha value is -2.40. The summed E-state index contributed by atoms with van der Waals surface area (Å²) in [4.78, 5) is 9.44. The number of aromatic nitrogens is 3. The van der Waals surface area contributed by atoms with Crippen LogP contribution in [0.4, 0.5) is 0 Å². The van der Waals surface area contributed by atoms with Gasteiger partial charge in [-0.2, -0.15) is 0 Å². The minimum Gasteiger partial charge on any atom is -0.497 e. The first-order valence-electron chi connectivity index (χ1n) is 8.05. The van der Waals surface area contributed by atoms with Crippen LogP contribution in [0.3, 0.4) is 0 Å². The molecule has 0 amide bonds. The first-order valence-corrected chi connectivity index (χ1v) is 8.05. The maximum Gasteiger partial charge on any atom is 0.160 e. The molecule has 1 fully saturated rings. The molecule has 3 aromatic rings. The Kier molecular flexibility index (Phi) is 3.71. The summed E-state index contributed by atoms with van der Waals surface area (Å²) in [5, 5.41) is 3.49. The van der Waals surface area contributed by atoms with Gasteiger partial charge in [-0.1, -0.05) is 12.1 Å². The Morgan fingerprint density at radius 2 is 2.22 bits per heavy atom. The number of fused-ring (bicyclic) bond motifs is 1. The number of pyridine rings is 1. The van der Waals surface area contributed by atoms with Crippen molar-refractivity contribution in [2.24, 2.45) is 0 Å². The number of imidazole rings is 1. The van der Waals surface area contributed by atoms with Gasteiger partial charge in [-0.3, -0.25) is 0 Å². The lowest BCUT2D eigenvalue weighted by Crippen LogP contribution is -2.32. The number of hydrogen-bond donors (Lipinski definition) is 1. The Morgan fingerprint density at radius 3 is 3.04 bits per heavy atom. The van der Waals surface area contributed by atoms with Crippen LogP contribution >= 0.6 is 0 Å². The van der Waals surface area contributed by atoms with Crippen LogP contribution in [-0.4, -0.2) is 34.7 Å². The Balaban J connectivity index is 1.90. The van der Waals surface area contributed by atoms with Gasteiger partial charge in [0.2, 0.25) is 0 Å². The molecule has 0 radical (unpaired) electrons. The quantitative estimate of drug-likeness (QED) is 0.808. The summed E-state index contributed by atoms with van der Waals surface area (Å²) in [6, 6.07) is 12.4. The van der Waals surface area contributed by atoms with Crippen molar-refractivity contribution in [1.29, 1.82) is 0 Å². The third-order valence-corrected chi connectivity index (χ3v) is 4.41. The summed E-state index contributed by atoms with van der Waals surface area (Å²) < 4.78 is 7.66. The van der Waals surface area contributed by atoms with Crippen LogP contribution in [0.25, 0.3) is 22.6 Å². The third-order valence-electron chi connectivity index (χ3n) is 4.41. The van der Waals surface area contributed by atoms with E-state index in [1.807, 2.05) is 36.5 Å². The van der Waals surface area contributed by atoms with Crippen LogP contribution in [0.15, 0.2) is 42.6 Å². The van der Waals surface area contributed by atoms with E-state index in [4.69, 9.17) is 9.72 Å². The highest BCUT2D eigenvalue weighted by atomic mass is 16.5. The monoisotopic (exact) mass is 308 g/mol. The van der Waals surface area contributed by atoms with Gasteiger partial charge in [0.25, 0.3) is 0 Å². The molecule has 5 nitrogen and oxygen atoms in total. The normalized spacial score (nSPS) is 18.2. The van der Waals surface area contributed by atoms with Crippen molar-refractivity contribution in [1.82, 2.24) is 19.9 Å². The van der Waals surface area contributed by atoms with E-state index >= 15 is 0 Å². The van der Waals surface area contributed by atoms with Gasteiger partial charge in [-0.25, -0.2) is 9.97 Å². The zero-order chi connectivity index (χ0) is 15.6. The molecule has 4 rings (SSSR count). The van der Waals surface area contributed by atoms with Gasteiger partial charge in [0, 0.05) is 24.3 Å². The number of methoxy groups -OCH3 is 1. The number of rotatable bonds is 3. The molecular weight excluding hydrogens is 288 g/mol. The lowest BCUT2D eigenvalue weighted by atomic mass is 10.1. The van der Waals surface area contributed by atoms with Gasteiger partial charge < -0.3 is 14.6 Å². The summed E-state index contributed by atoms with van der Waals surface area (Å²) in [7, 11) is 1.69. The Morgan fingerprint density at radius 1 is 1.26 bits per heavy atom. The van der Waals surface area contributed by atoms with Gasteiger partial charge in [0.1, 0.15) is 17.1 Å². The predicted octanol–water partition coefficient (Wildman–Crippen LogP) is 3.03. The zero-order valence-corrected chi connectivity index (χ0v) is 13.2. The predicted molar refractivity (Wildman–Crippen MR) is 90.7 cm³/mol. The van der Waals surface area contributed by atoms with E-state index < -0.39 is 0 Å². The number of hydrogen-bond acceptors (Lipinski definition) is 4. The van der Waals surface area contributed by atoms with Crippen molar-refractivity contribution in [3.8, 4) is 17.1 Å². The smallest absolute Gasteiger partial charge is 0.160 e. The molecule has 0 saturated carbocycles. The topological polar surface area (TPSA) is 52.0 Å². The molecule has 118 valence electrons. The van der Waals surface area contributed by atoms with Crippen molar-refractivity contribution in [2.75, 3.05) is 20.2 Å². The van der Waals surface area contributed by atoms with Gasteiger partial charge in [0.05, 0.1) is 7.11 Å². The highest BCUT2D eigenvalue weighted by Crippen LogP contribution is 2.31. The van der Waals surface area contributed by atoms with Gasteiger partial charge in [-0.05, 0) is 43.7 Å². The van der Waals surface area contributed by atoms with Crippen LogP contribution in [-0.2, 0) is 0 Å². The van der Waals surface area contributed by atoms with Crippen LogP contribution in [0.2, 0.25) is 0 Å². The van der Waals surface area contributed by atoms with Crippen LogP contribution < -0.4 is 10.1 Å². The van der Waals surface area contributed by atoms with Crippen LogP contribution in [0.5, 0.6) is 5.75 Å². The van der Waals surface area contributed by atoms with Gasteiger partial charge >= 0.3 is 0 Å². The van der Waals surface area contributed by atoms with Gasteiger partial charge in [0.15, 0.2) is 5.65 Å². The molecule has 1 aliphatic heterocycles. The zero-order valence-electron chi connectivity index (χ0n) is 13.2. The molecule has 0 spiro atoms. The molecular formula is C18H20N4O. The van der Waals surface area contributed by atoms with Crippen molar-refractivity contribution >= 4 is 11.2 Å². The van der Waals surface area contributed by atoms with Crippen molar-refractivity contribution in [3.05, 3.63) is 42.6 Å². The van der Waals surface area contributed by atoms with E-state index in [1.54, 1.807) is 7.11 Å². The van der Waals surface area contributed by atoms with Crippen molar-refractivity contribution in [3.63, 3.8) is 0 Å². The minimum atomic E-state index is 0.379. The lowest BCUT2D eigenvalue weighted by Gasteiger charge is -2.26. The number of benzene rings is 1. The SMILES string of the molecule is COc1cccc(-c2nc3cccnc3n2C2CCCNC2)c1. The first-order chi connectivity index (χ1) is 11.4. The molecule has 0 aliphatic carbocycles. The molecule has 1 unspecified atom stereocenters. The summed E-state index contributed by atoms with van der Waals surface area (Å²) in [6.45, 7) is 2.05. The second kappa shape index (κ2) is 6.01. The minimum absolute atomic E-state index is 0.379. The fourth-order valence-corrected chi connectivity index (χ4v) is 3.30. The fourth-order valence-electron chi connectivity index (χ4n) is 3.30. The number of piperidine rings is 1. The van der Waals surface area contributed by atoms with E-state index in [1.165, 1.54) is 6.42 Å². The maximum absolute atomic E-state index is 5.37. The number of nitrogens with zero attached hydrogens (tertiary/aromatic N) is 3. The van der Waals surface area contributed by atoms with E-state index in [0.717, 1.165) is 47.8 Å². The average Bonchev–Trinajstić information content (AvgIpc) is 3.02. The van der Waals surface area contributed by atoms with Gasteiger partial charge in [-0.15, -0.1) is 0 Å². The summed E-state index contributed by atoms with van der Waals surface area (Å²) >= 11 is 0. The molecule has 1 N–H and O–H groups in total. The molecule has 3 heterocycles. The highest BCUT2D eigenvalue weighted by molar-refractivity contribution is 5.77. The lowest BCUT2D eigenvalue weighted by molar-refractivity contribution is 0.379. The average molecular weight is 308 g/mol. The standard InChI is InChI=1S/C18H20N4O/c1-23-15-7-2-5-13(11-15)17-21-16-8-4-10-20-18(16)22(17)14-6-3-9-19-12-14/h2,4-5,7-8,10-11,14,19H,3,6,9,12H2,1H3. The molecule has 1 aliphatic rings. The molecule has 1 atom stereocenters. The summed E-state index contributed by atoms with van der Waals surface area (Å²) in [5.41, 5.74) is 2.96. The molecule has 0 bridgehead atoms. The van der Waals surface area contributed by atoms with Crippen molar-refractivity contribution in [2.45, 2.75) is 18.9 Å². The molecule has 23 heavy (non-hydrogen) atoms. The maximum atomic E-state index is 5.37. The van der Waals surface area contributed by atoms with E-state index in [0.29, 0.717) is 6.04 Å². The largest absolute Gasteiger partial charge is 0.497 e. The Bertz CT molecular complexity index is 821. The van der Waals surface area contributed by atoms with E-state index in [-0.39, 0.29) is 0 Å². The summed E-state index contributed by atoms with van der Waals surface area (Å²) in [6.07, 6.45) is 4.16. The summed E-state index contributed by atoms with van der Waals surface area (Å²) in [5.74, 6) is 1.81. The van der Waals surface area contributed by atoms with E-state index in [2.05, 4.69) is 20.9 Å². The molecule has 2 aromatic heterocycles. The highest BCUT2D eigenvalue weighted by Gasteiger charge is 2.22. The number of nitrogens with one attached hydrogen (secondary N) is 1. The molecule has 1 saturated heterocycles. The van der Waals surface area contributed by atoms with Crippen LogP contribution in [0.1, 0.15) is 18.9 Å².